The molecule has 0 radical (unpaired) electrons. The molecule has 24 heavy (non-hydrogen) atoms. The second-order valence-electron chi connectivity index (χ2n) is 6.12. The molecule has 5 nitrogen and oxygen atoms in total. The van der Waals surface area contributed by atoms with E-state index in [1.807, 2.05) is 30.0 Å². The van der Waals surface area contributed by atoms with Crippen molar-refractivity contribution in [3.05, 3.63) is 30.1 Å². The van der Waals surface area contributed by atoms with E-state index in [2.05, 4.69) is 51.8 Å². The van der Waals surface area contributed by atoms with Gasteiger partial charge in [0.25, 0.3) is 0 Å². The second-order valence-corrected chi connectivity index (χ2v) is 7.63. The molecule has 0 atom stereocenters. The highest BCUT2D eigenvalue weighted by molar-refractivity contribution is 14.0. The predicted molar refractivity (Wildman–Crippen MR) is 117 cm³/mol. The van der Waals surface area contributed by atoms with Gasteiger partial charge in [0.15, 0.2) is 5.96 Å². The number of guanidine groups is 1. The number of benzene rings is 1. The molecule has 0 unspecified atom stereocenters. The summed E-state index contributed by atoms with van der Waals surface area (Å²) in [5.41, 5.74) is 2.14. The van der Waals surface area contributed by atoms with Gasteiger partial charge in [-0.1, -0.05) is 12.1 Å². The van der Waals surface area contributed by atoms with Crippen LogP contribution in [0.2, 0.25) is 0 Å². The first-order valence-corrected chi connectivity index (χ1v) is 9.20. The summed E-state index contributed by atoms with van der Waals surface area (Å²) >= 11 is 1.85. The van der Waals surface area contributed by atoms with Gasteiger partial charge in [0.1, 0.15) is 5.82 Å². The molecule has 2 rings (SSSR count). The summed E-state index contributed by atoms with van der Waals surface area (Å²) in [6, 6.07) is 8.13. The fourth-order valence-electron chi connectivity index (χ4n) is 2.18. The van der Waals surface area contributed by atoms with Gasteiger partial charge in [0.05, 0.1) is 11.0 Å². The lowest BCUT2D eigenvalue weighted by atomic mass is 10.2. The van der Waals surface area contributed by atoms with Crippen LogP contribution in [0.25, 0.3) is 11.0 Å². The molecule has 3 N–H and O–H groups in total. The van der Waals surface area contributed by atoms with Crippen LogP contribution in [-0.2, 0) is 6.42 Å². The number of nitrogens with one attached hydrogen (secondary N) is 3. The Balaban J connectivity index is 0.00000288. The first kappa shape index (κ1) is 21.1. The summed E-state index contributed by atoms with van der Waals surface area (Å²) in [5, 5.41) is 6.73. The quantitative estimate of drug-likeness (QED) is 0.256. The Hall–Kier alpha value is -0.960. The molecule has 0 saturated carbocycles. The lowest BCUT2D eigenvalue weighted by Crippen LogP contribution is -2.43. The lowest BCUT2D eigenvalue weighted by molar-refractivity contribution is 0.657. The summed E-state index contributed by atoms with van der Waals surface area (Å²) in [7, 11) is 1.81. The molecule has 7 heteroatoms. The molecular weight excluding hydrogens is 433 g/mol. The van der Waals surface area contributed by atoms with Crippen LogP contribution in [0.3, 0.4) is 0 Å². The van der Waals surface area contributed by atoms with Crippen molar-refractivity contribution >= 4 is 52.7 Å². The number of halogens is 1. The number of para-hydroxylation sites is 2. The Morgan fingerprint density at radius 3 is 2.71 bits per heavy atom. The number of fused-ring (bicyclic) bond motifs is 1. The molecule has 2 aromatic rings. The highest BCUT2D eigenvalue weighted by Crippen LogP contribution is 2.19. The van der Waals surface area contributed by atoms with Crippen molar-refractivity contribution < 1.29 is 0 Å². The van der Waals surface area contributed by atoms with Crippen LogP contribution in [0, 0.1) is 0 Å². The predicted octanol–water partition coefficient (Wildman–Crippen LogP) is 3.42. The summed E-state index contributed by atoms with van der Waals surface area (Å²) in [4.78, 5) is 12.2. The molecule has 1 heterocycles. The van der Waals surface area contributed by atoms with Crippen molar-refractivity contribution in [2.24, 2.45) is 4.99 Å². The normalized spacial score (nSPS) is 12.1. The highest BCUT2D eigenvalue weighted by Gasteiger charge is 2.15. The van der Waals surface area contributed by atoms with Gasteiger partial charge in [-0.25, -0.2) is 4.98 Å². The number of aryl methyl sites for hydroxylation is 1. The van der Waals surface area contributed by atoms with Gasteiger partial charge in [0.2, 0.25) is 0 Å². The van der Waals surface area contributed by atoms with Crippen LogP contribution in [0.4, 0.5) is 0 Å². The molecule has 0 amide bonds. The molecule has 134 valence electrons. The number of aromatic amines is 1. The number of aliphatic imine (C=N–C) groups is 1. The second kappa shape index (κ2) is 10.1. The fourth-order valence-corrected chi connectivity index (χ4v) is 2.39. The van der Waals surface area contributed by atoms with Gasteiger partial charge >= 0.3 is 0 Å². The maximum atomic E-state index is 4.60. The summed E-state index contributed by atoms with van der Waals surface area (Å²) < 4.78 is 0.200. The molecule has 1 aromatic heterocycles. The maximum Gasteiger partial charge on any atom is 0.191 e. The Bertz CT molecular complexity index is 620. The molecule has 0 aliphatic rings. The average Bonchev–Trinajstić information content (AvgIpc) is 2.97. The first-order chi connectivity index (χ1) is 11.0. The molecular formula is C17H28IN5S. The number of rotatable bonds is 7. The average molecular weight is 461 g/mol. The summed E-state index contributed by atoms with van der Waals surface area (Å²) in [5.74, 6) is 1.90. The Morgan fingerprint density at radius 2 is 2.04 bits per heavy atom. The van der Waals surface area contributed by atoms with Gasteiger partial charge in [0, 0.05) is 31.3 Å². The molecule has 0 saturated heterocycles. The topological polar surface area (TPSA) is 65.1 Å². The molecule has 1 aromatic carbocycles. The van der Waals surface area contributed by atoms with Gasteiger partial charge in [-0.05, 0) is 38.7 Å². The van der Waals surface area contributed by atoms with E-state index in [1.54, 1.807) is 7.05 Å². The SMILES string of the molecule is CN=C(NCCCc1nc2ccccc2[nH]1)NCC(C)(C)SC.I. The zero-order valence-electron chi connectivity index (χ0n) is 14.8. The zero-order chi connectivity index (χ0) is 16.7. The summed E-state index contributed by atoms with van der Waals surface area (Å²) in [6.07, 6.45) is 4.06. The zero-order valence-corrected chi connectivity index (χ0v) is 18.0. The van der Waals surface area contributed by atoms with Crippen LogP contribution in [-0.4, -0.2) is 47.1 Å². The van der Waals surface area contributed by atoms with E-state index in [4.69, 9.17) is 0 Å². The first-order valence-electron chi connectivity index (χ1n) is 7.97. The van der Waals surface area contributed by atoms with E-state index in [1.165, 1.54) is 0 Å². The third-order valence-corrected chi connectivity index (χ3v) is 5.03. The number of nitrogens with zero attached hydrogens (tertiary/aromatic N) is 2. The standard InChI is InChI=1S/C17H27N5S.HI/c1-17(2,23-4)12-20-16(18-3)19-11-7-10-15-21-13-8-5-6-9-14(13)22-15;/h5-6,8-9H,7,10-12H2,1-4H3,(H,21,22)(H2,18,19,20);1H. The van der Waals surface area contributed by atoms with E-state index >= 15 is 0 Å². The monoisotopic (exact) mass is 461 g/mol. The number of hydrogen-bond donors (Lipinski definition) is 3. The van der Waals surface area contributed by atoms with E-state index in [0.29, 0.717) is 0 Å². The van der Waals surface area contributed by atoms with Crippen molar-refractivity contribution in [2.45, 2.75) is 31.4 Å². The van der Waals surface area contributed by atoms with Crippen LogP contribution < -0.4 is 10.6 Å². The van der Waals surface area contributed by atoms with Crippen LogP contribution in [0.5, 0.6) is 0 Å². The van der Waals surface area contributed by atoms with Crippen molar-refractivity contribution in [3.8, 4) is 0 Å². The third-order valence-electron chi connectivity index (χ3n) is 3.78. The Kier molecular flexibility index (Phi) is 8.90. The highest BCUT2D eigenvalue weighted by atomic mass is 127. The van der Waals surface area contributed by atoms with Crippen LogP contribution >= 0.6 is 35.7 Å². The lowest BCUT2D eigenvalue weighted by Gasteiger charge is -2.23. The number of imidazole rings is 1. The minimum absolute atomic E-state index is 0. The van der Waals surface area contributed by atoms with E-state index < -0.39 is 0 Å². The van der Waals surface area contributed by atoms with Gasteiger partial charge in [-0.3, -0.25) is 4.99 Å². The van der Waals surface area contributed by atoms with Gasteiger partial charge in [-0.15, -0.1) is 24.0 Å². The van der Waals surface area contributed by atoms with E-state index in [0.717, 1.165) is 48.7 Å². The maximum absolute atomic E-state index is 4.60. The van der Waals surface area contributed by atoms with Crippen LogP contribution in [0.15, 0.2) is 29.3 Å². The van der Waals surface area contributed by atoms with Crippen molar-refractivity contribution in [1.29, 1.82) is 0 Å². The molecule has 0 spiro atoms. The van der Waals surface area contributed by atoms with Gasteiger partial charge in [-0.2, -0.15) is 11.8 Å². The van der Waals surface area contributed by atoms with Crippen molar-refractivity contribution in [3.63, 3.8) is 0 Å². The van der Waals surface area contributed by atoms with E-state index in [-0.39, 0.29) is 28.7 Å². The smallest absolute Gasteiger partial charge is 0.191 e. The number of hydrogen-bond acceptors (Lipinski definition) is 3. The number of aromatic nitrogens is 2. The van der Waals surface area contributed by atoms with Crippen molar-refractivity contribution in [1.82, 2.24) is 20.6 Å². The molecule has 0 fully saturated rings. The molecule has 0 aliphatic carbocycles. The Morgan fingerprint density at radius 1 is 1.29 bits per heavy atom. The fraction of sp³-hybridized carbons (Fsp3) is 0.529. The third kappa shape index (κ3) is 6.51. The van der Waals surface area contributed by atoms with Crippen LogP contribution in [0.1, 0.15) is 26.1 Å². The number of H-pyrrole nitrogens is 1. The number of thioether (sulfide) groups is 1. The van der Waals surface area contributed by atoms with E-state index in [9.17, 15) is 0 Å². The molecule has 0 aliphatic heterocycles. The van der Waals surface area contributed by atoms with Gasteiger partial charge < -0.3 is 15.6 Å². The largest absolute Gasteiger partial charge is 0.356 e. The Labute approximate surface area is 165 Å². The minimum atomic E-state index is 0. The molecule has 0 bridgehead atoms. The summed E-state index contributed by atoms with van der Waals surface area (Å²) in [6.45, 7) is 6.20. The minimum Gasteiger partial charge on any atom is -0.356 e. The van der Waals surface area contributed by atoms with Crippen molar-refractivity contribution in [2.75, 3.05) is 26.4 Å².